The number of alkyl halides is 3. The van der Waals surface area contributed by atoms with Crippen molar-refractivity contribution in [3.05, 3.63) is 59.2 Å². The quantitative estimate of drug-likeness (QED) is 0.302. The molecular formula is C25H25F5N4O5. The van der Waals surface area contributed by atoms with Gasteiger partial charge in [-0.2, -0.15) is 13.2 Å². The lowest BCUT2D eigenvalue weighted by molar-refractivity contribution is -0.146. The Bertz CT molecular complexity index is 1340. The van der Waals surface area contributed by atoms with E-state index >= 15 is 0 Å². The van der Waals surface area contributed by atoms with Crippen LogP contribution in [0.4, 0.5) is 42.9 Å². The number of hydrogen-bond acceptors (Lipinski definition) is 5. The molecule has 0 aromatic heterocycles. The molecule has 0 atom stereocenters. The van der Waals surface area contributed by atoms with Gasteiger partial charge in [-0.3, -0.25) is 4.79 Å². The summed E-state index contributed by atoms with van der Waals surface area (Å²) in [5, 5.41) is 4.75. The Hall–Kier alpha value is -4.23. The smallest absolute Gasteiger partial charge is 0.416 e. The van der Waals surface area contributed by atoms with E-state index in [1.807, 2.05) is 0 Å². The highest BCUT2D eigenvalue weighted by Crippen LogP contribution is 2.38. The summed E-state index contributed by atoms with van der Waals surface area (Å²) in [4.78, 5) is 52.3. The van der Waals surface area contributed by atoms with Crippen LogP contribution in [-0.4, -0.2) is 47.0 Å². The largest absolute Gasteiger partial charge is 0.467 e. The number of imide groups is 1. The first-order chi connectivity index (χ1) is 17.9. The fourth-order valence-electron chi connectivity index (χ4n) is 3.89. The maximum absolute atomic E-state index is 14.7. The van der Waals surface area contributed by atoms with Gasteiger partial charge in [-0.1, -0.05) is 6.07 Å². The molecule has 5 amide bonds. The van der Waals surface area contributed by atoms with Crippen molar-refractivity contribution < 1.29 is 45.9 Å². The minimum absolute atomic E-state index is 0.108. The molecule has 2 N–H and O–H groups in total. The number of anilines is 2. The topological polar surface area (TPSA) is 108 Å². The number of esters is 1. The minimum Gasteiger partial charge on any atom is -0.467 e. The Kier molecular flexibility index (Phi) is 7.63. The molecule has 0 unspecified atom stereocenters. The van der Waals surface area contributed by atoms with E-state index in [1.165, 1.54) is 33.8 Å². The van der Waals surface area contributed by atoms with Crippen molar-refractivity contribution in [1.82, 2.24) is 10.2 Å². The molecular weight excluding hydrogens is 531 g/mol. The van der Waals surface area contributed by atoms with Crippen LogP contribution in [0, 0.1) is 11.6 Å². The molecule has 0 aliphatic carbocycles. The summed E-state index contributed by atoms with van der Waals surface area (Å²) in [6.07, 6.45) is -4.84. The van der Waals surface area contributed by atoms with E-state index in [2.05, 4.69) is 15.4 Å². The van der Waals surface area contributed by atoms with Gasteiger partial charge in [0.05, 0.1) is 30.6 Å². The summed E-state index contributed by atoms with van der Waals surface area (Å²) in [6.45, 7) is 5.05. The average Bonchev–Trinajstić information content (AvgIpc) is 2.98. The van der Waals surface area contributed by atoms with Gasteiger partial charge in [0.1, 0.15) is 22.7 Å². The maximum atomic E-state index is 14.7. The number of benzene rings is 2. The molecule has 210 valence electrons. The number of halogens is 5. The highest BCUT2D eigenvalue weighted by atomic mass is 19.4. The number of rotatable bonds is 6. The maximum Gasteiger partial charge on any atom is 0.416 e. The normalized spacial score (nSPS) is 15.4. The number of nitrogens with one attached hydrogen (secondary N) is 2. The third kappa shape index (κ3) is 5.78. The van der Waals surface area contributed by atoms with E-state index < -0.39 is 64.1 Å². The summed E-state index contributed by atoms with van der Waals surface area (Å²) in [6, 6.07) is 2.69. The van der Waals surface area contributed by atoms with E-state index in [-0.39, 0.29) is 23.9 Å². The fraction of sp³-hybridized carbons (Fsp3) is 0.360. The van der Waals surface area contributed by atoms with Gasteiger partial charge in [-0.05, 0) is 63.6 Å². The van der Waals surface area contributed by atoms with Gasteiger partial charge < -0.3 is 20.3 Å². The van der Waals surface area contributed by atoms with Gasteiger partial charge in [-0.15, -0.1) is 0 Å². The Morgan fingerprint density at radius 1 is 1.03 bits per heavy atom. The number of amides is 5. The summed E-state index contributed by atoms with van der Waals surface area (Å²) in [5.74, 6) is -3.85. The van der Waals surface area contributed by atoms with Gasteiger partial charge in [-0.25, -0.2) is 28.1 Å². The SMILES string of the molecule is COC(=O)C(C)(C)NC(=O)Nc1cc(F)ccc1CN1C(=O)N(c2ccc(C(F)(F)F)cc2F)C(=O)C1(C)C. The summed E-state index contributed by atoms with van der Waals surface area (Å²) in [5.41, 5.74) is -4.97. The van der Waals surface area contributed by atoms with Crippen molar-refractivity contribution in [3.63, 3.8) is 0 Å². The zero-order chi connectivity index (χ0) is 29.5. The highest BCUT2D eigenvalue weighted by molar-refractivity contribution is 6.23. The molecule has 0 spiro atoms. The Labute approximate surface area is 219 Å². The number of carbonyl (C=O) groups is 4. The van der Waals surface area contributed by atoms with E-state index in [1.54, 1.807) is 0 Å². The predicted octanol–water partition coefficient (Wildman–Crippen LogP) is 4.80. The van der Waals surface area contributed by atoms with Crippen LogP contribution in [0.15, 0.2) is 36.4 Å². The summed E-state index contributed by atoms with van der Waals surface area (Å²) < 4.78 is 72.2. The van der Waals surface area contributed by atoms with Crippen LogP contribution in [0.5, 0.6) is 0 Å². The number of carbonyl (C=O) groups excluding carboxylic acids is 4. The van der Waals surface area contributed by atoms with Gasteiger partial charge in [0.15, 0.2) is 0 Å². The molecule has 0 bridgehead atoms. The van der Waals surface area contributed by atoms with Gasteiger partial charge in [0.25, 0.3) is 5.91 Å². The lowest BCUT2D eigenvalue weighted by Crippen LogP contribution is -2.51. The van der Waals surface area contributed by atoms with Crippen LogP contribution in [-0.2, 0) is 27.0 Å². The first-order valence-electron chi connectivity index (χ1n) is 11.4. The van der Waals surface area contributed by atoms with Crippen LogP contribution in [0.25, 0.3) is 0 Å². The predicted molar refractivity (Wildman–Crippen MR) is 129 cm³/mol. The molecule has 0 radical (unpaired) electrons. The Balaban J connectivity index is 1.92. The Morgan fingerprint density at radius 2 is 1.67 bits per heavy atom. The van der Waals surface area contributed by atoms with E-state index in [4.69, 9.17) is 0 Å². The van der Waals surface area contributed by atoms with Crippen molar-refractivity contribution in [3.8, 4) is 0 Å². The highest BCUT2D eigenvalue weighted by Gasteiger charge is 2.52. The van der Waals surface area contributed by atoms with Crippen LogP contribution in [0.2, 0.25) is 0 Å². The van der Waals surface area contributed by atoms with E-state index in [0.717, 1.165) is 24.1 Å². The van der Waals surface area contributed by atoms with Crippen molar-refractivity contribution in [2.75, 3.05) is 17.3 Å². The third-order valence-corrected chi connectivity index (χ3v) is 6.11. The molecule has 1 fully saturated rings. The molecule has 1 saturated heterocycles. The molecule has 1 aliphatic heterocycles. The number of hydrogen-bond donors (Lipinski definition) is 2. The number of methoxy groups -OCH3 is 1. The minimum atomic E-state index is -4.84. The van der Waals surface area contributed by atoms with E-state index in [0.29, 0.717) is 17.0 Å². The number of nitrogens with zero attached hydrogens (tertiary/aromatic N) is 2. The van der Waals surface area contributed by atoms with Crippen LogP contribution in [0.1, 0.15) is 38.8 Å². The molecule has 9 nitrogen and oxygen atoms in total. The lowest BCUT2D eigenvalue weighted by atomic mass is 10.0. The number of urea groups is 2. The first kappa shape index (κ1) is 29.3. The third-order valence-electron chi connectivity index (χ3n) is 6.11. The molecule has 1 aliphatic rings. The monoisotopic (exact) mass is 556 g/mol. The molecule has 2 aromatic carbocycles. The fourth-order valence-corrected chi connectivity index (χ4v) is 3.89. The lowest BCUT2D eigenvalue weighted by Gasteiger charge is -2.29. The summed E-state index contributed by atoms with van der Waals surface area (Å²) >= 11 is 0. The van der Waals surface area contributed by atoms with Crippen molar-refractivity contribution in [1.29, 1.82) is 0 Å². The second kappa shape index (κ2) is 10.2. The van der Waals surface area contributed by atoms with E-state index in [9.17, 15) is 41.1 Å². The number of ether oxygens (including phenoxy) is 1. The molecule has 3 rings (SSSR count). The Morgan fingerprint density at radius 3 is 2.23 bits per heavy atom. The average molecular weight is 556 g/mol. The molecule has 2 aromatic rings. The second-order valence-corrected chi connectivity index (χ2v) is 9.73. The van der Waals surface area contributed by atoms with Gasteiger partial charge in [0.2, 0.25) is 0 Å². The standard InChI is InChI=1S/C25H25F5N4O5/c1-23(2,20(36)39-5)32-21(37)31-17-11-15(26)8-6-13(17)12-33-22(38)34(19(35)24(33,3)4)18-9-7-14(10-16(18)27)25(28,29)30/h6-11H,12H2,1-5H3,(H2,31,32,37). The second-order valence-electron chi connectivity index (χ2n) is 9.73. The molecule has 39 heavy (non-hydrogen) atoms. The zero-order valence-corrected chi connectivity index (χ0v) is 21.5. The van der Waals surface area contributed by atoms with Crippen molar-refractivity contribution >= 4 is 35.3 Å². The molecule has 1 heterocycles. The molecule has 0 saturated carbocycles. The van der Waals surface area contributed by atoms with Gasteiger partial charge >= 0.3 is 24.2 Å². The van der Waals surface area contributed by atoms with Crippen molar-refractivity contribution in [2.24, 2.45) is 0 Å². The first-order valence-corrected chi connectivity index (χ1v) is 11.4. The van der Waals surface area contributed by atoms with Crippen molar-refractivity contribution in [2.45, 2.75) is 51.5 Å². The van der Waals surface area contributed by atoms with Crippen LogP contribution >= 0.6 is 0 Å². The van der Waals surface area contributed by atoms with Gasteiger partial charge in [0, 0.05) is 0 Å². The zero-order valence-electron chi connectivity index (χ0n) is 21.5. The summed E-state index contributed by atoms with van der Waals surface area (Å²) in [7, 11) is 1.13. The van der Waals surface area contributed by atoms with Crippen LogP contribution in [0.3, 0.4) is 0 Å². The molecule has 14 heteroatoms. The van der Waals surface area contributed by atoms with Crippen LogP contribution < -0.4 is 15.5 Å².